The summed E-state index contributed by atoms with van der Waals surface area (Å²) in [5.41, 5.74) is 6.82. The molecule has 7 heteroatoms. The molecule has 3 rings (SSSR count). The quantitative estimate of drug-likeness (QED) is 0.704. The molecule has 20 heavy (non-hydrogen) atoms. The van der Waals surface area contributed by atoms with E-state index < -0.39 is 0 Å². The summed E-state index contributed by atoms with van der Waals surface area (Å²) < 4.78 is 5.12. The Morgan fingerprint density at radius 1 is 1.25 bits per heavy atom. The van der Waals surface area contributed by atoms with Crippen LogP contribution in [0, 0.1) is 0 Å². The third-order valence-electron chi connectivity index (χ3n) is 2.65. The zero-order valence-corrected chi connectivity index (χ0v) is 10.9. The van der Waals surface area contributed by atoms with Crippen LogP contribution in [0.15, 0.2) is 41.1 Å². The molecular formula is C13H9ClN4O2. The molecule has 100 valence electrons. The van der Waals surface area contributed by atoms with Crippen molar-refractivity contribution in [2.24, 2.45) is 0 Å². The van der Waals surface area contributed by atoms with E-state index >= 15 is 0 Å². The fourth-order valence-electron chi connectivity index (χ4n) is 1.71. The van der Waals surface area contributed by atoms with Crippen LogP contribution in [-0.4, -0.2) is 20.2 Å². The number of benzene rings is 1. The zero-order chi connectivity index (χ0) is 14.1. The Morgan fingerprint density at radius 3 is 2.85 bits per heavy atom. The van der Waals surface area contributed by atoms with Gasteiger partial charge in [0, 0.05) is 18.0 Å². The van der Waals surface area contributed by atoms with Gasteiger partial charge in [-0.1, -0.05) is 16.8 Å². The lowest BCUT2D eigenvalue weighted by molar-refractivity contribution is 0.425. The number of hydrogen-bond acceptors (Lipinski definition) is 6. The number of rotatable bonds is 2. The number of halogens is 1. The molecule has 0 unspecified atom stereocenters. The highest BCUT2D eigenvalue weighted by Gasteiger charge is 2.16. The standard InChI is InChI=1S/C13H9ClN4O2/c14-9-2-1-5-16-11(9)12-17-13(20-18-12)8-4-3-7(15)6-10(8)19/h1-6,19H,15H2. The minimum Gasteiger partial charge on any atom is -0.507 e. The van der Waals surface area contributed by atoms with E-state index in [0.717, 1.165) is 0 Å². The first-order chi connectivity index (χ1) is 9.65. The summed E-state index contributed by atoms with van der Waals surface area (Å²) in [5, 5.41) is 14.1. The van der Waals surface area contributed by atoms with Crippen LogP contribution >= 0.6 is 11.6 Å². The number of nitrogens with zero attached hydrogens (tertiary/aromatic N) is 3. The molecule has 0 atom stereocenters. The normalized spacial score (nSPS) is 10.7. The third-order valence-corrected chi connectivity index (χ3v) is 2.95. The molecular weight excluding hydrogens is 280 g/mol. The van der Waals surface area contributed by atoms with Gasteiger partial charge in [-0.25, -0.2) is 0 Å². The Hall–Kier alpha value is -2.60. The maximum atomic E-state index is 9.83. The van der Waals surface area contributed by atoms with Crippen molar-refractivity contribution < 1.29 is 9.63 Å². The molecule has 2 heterocycles. The maximum Gasteiger partial charge on any atom is 0.262 e. The third kappa shape index (κ3) is 2.17. The van der Waals surface area contributed by atoms with E-state index in [-0.39, 0.29) is 17.5 Å². The fraction of sp³-hybridized carbons (Fsp3) is 0. The van der Waals surface area contributed by atoms with Crippen molar-refractivity contribution >= 4 is 17.3 Å². The Morgan fingerprint density at radius 2 is 2.10 bits per heavy atom. The van der Waals surface area contributed by atoms with E-state index in [9.17, 15) is 5.11 Å². The second-order valence-corrected chi connectivity index (χ2v) is 4.44. The number of aromatic nitrogens is 3. The molecule has 2 aromatic heterocycles. The lowest BCUT2D eigenvalue weighted by Gasteiger charge is -1.99. The van der Waals surface area contributed by atoms with Crippen molar-refractivity contribution in [1.29, 1.82) is 0 Å². The summed E-state index contributed by atoms with van der Waals surface area (Å²) in [5.74, 6) is 0.383. The molecule has 0 amide bonds. The summed E-state index contributed by atoms with van der Waals surface area (Å²) >= 11 is 6.02. The van der Waals surface area contributed by atoms with Gasteiger partial charge in [-0.2, -0.15) is 4.98 Å². The predicted octanol–water partition coefficient (Wildman–Crippen LogP) is 2.74. The average molecular weight is 289 g/mol. The molecule has 0 bridgehead atoms. The van der Waals surface area contributed by atoms with Crippen molar-refractivity contribution in [3.63, 3.8) is 0 Å². The van der Waals surface area contributed by atoms with Crippen LogP contribution in [0.25, 0.3) is 23.0 Å². The van der Waals surface area contributed by atoms with Crippen molar-refractivity contribution in [1.82, 2.24) is 15.1 Å². The SMILES string of the molecule is Nc1ccc(-c2nc(-c3ncccc3Cl)no2)c(O)c1. The molecule has 3 aromatic rings. The predicted molar refractivity (Wildman–Crippen MR) is 74.1 cm³/mol. The van der Waals surface area contributed by atoms with Gasteiger partial charge in [-0.15, -0.1) is 0 Å². The number of phenolic OH excluding ortho intramolecular Hbond substituents is 1. The highest BCUT2D eigenvalue weighted by Crippen LogP contribution is 2.31. The molecule has 0 spiro atoms. The summed E-state index contributed by atoms with van der Waals surface area (Å²) in [7, 11) is 0. The number of nitrogen functional groups attached to an aromatic ring is 1. The van der Waals surface area contributed by atoms with Crippen LogP contribution in [0.4, 0.5) is 5.69 Å². The Labute approximate surface area is 118 Å². The van der Waals surface area contributed by atoms with E-state index in [4.69, 9.17) is 21.9 Å². The fourth-order valence-corrected chi connectivity index (χ4v) is 1.91. The summed E-state index contributed by atoms with van der Waals surface area (Å²) in [4.78, 5) is 8.27. The van der Waals surface area contributed by atoms with Crippen LogP contribution in [0.2, 0.25) is 5.02 Å². The molecule has 0 saturated carbocycles. The van der Waals surface area contributed by atoms with Crippen molar-refractivity contribution in [3.8, 4) is 28.7 Å². The second-order valence-electron chi connectivity index (χ2n) is 4.03. The number of aromatic hydroxyl groups is 1. The van der Waals surface area contributed by atoms with Gasteiger partial charge < -0.3 is 15.4 Å². The van der Waals surface area contributed by atoms with Gasteiger partial charge in [0.25, 0.3) is 5.89 Å². The monoisotopic (exact) mass is 288 g/mol. The number of nitrogens with two attached hydrogens (primary N) is 1. The van der Waals surface area contributed by atoms with E-state index in [0.29, 0.717) is 22.0 Å². The molecule has 3 N–H and O–H groups in total. The lowest BCUT2D eigenvalue weighted by atomic mass is 10.2. The smallest absolute Gasteiger partial charge is 0.262 e. The highest BCUT2D eigenvalue weighted by atomic mass is 35.5. The van der Waals surface area contributed by atoms with Gasteiger partial charge >= 0.3 is 0 Å². The van der Waals surface area contributed by atoms with E-state index in [1.165, 1.54) is 6.07 Å². The van der Waals surface area contributed by atoms with Crippen LogP contribution < -0.4 is 5.73 Å². The van der Waals surface area contributed by atoms with Gasteiger partial charge in [-0.3, -0.25) is 4.98 Å². The average Bonchev–Trinajstić information content (AvgIpc) is 2.88. The maximum absolute atomic E-state index is 9.83. The molecule has 0 fully saturated rings. The van der Waals surface area contributed by atoms with E-state index in [1.807, 2.05) is 0 Å². The summed E-state index contributed by atoms with van der Waals surface area (Å²) in [6.07, 6.45) is 1.58. The van der Waals surface area contributed by atoms with Gasteiger partial charge in [0.2, 0.25) is 5.82 Å². The summed E-state index contributed by atoms with van der Waals surface area (Å²) in [6.45, 7) is 0. The Balaban J connectivity index is 2.04. The summed E-state index contributed by atoms with van der Waals surface area (Å²) in [6, 6.07) is 8.03. The van der Waals surface area contributed by atoms with Crippen LogP contribution in [-0.2, 0) is 0 Å². The van der Waals surface area contributed by atoms with Crippen molar-refractivity contribution in [3.05, 3.63) is 41.6 Å². The second kappa shape index (κ2) is 4.82. The molecule has 6 nitrogen and oxygen atoms in total. The van der Waals surface area contributed by atoms with Gasteiger partial charge in [0.05, 0.1) is 10.6 Å². The topological polar surface area (TPSA) is 98.1 Å². The van der Waals surface area contributed by atoms with Crippen LogP contribution in [0.5, 0.6) is 5.75 Å². The molecule has 0 radical (unpaired) electrons. The van der Waals surface area contributed by atoms with Crippen LogP contribution in [0.1, 0.15) is 0 Å². The number of phenols is 1. The molecule has 0 saturated heterocycles. The van der Waals surface area contributed by atoms with Gasteiger partial charge in [-0.05, 0) is 24.3 Å². The Kier molecular flexibility index (Phi) is 3.00. The molecule has 0 aliphatic rings. The number of anilines is 1. The zero-order valence-electron chi connectivity index (χ0n) is 10.1. The minimum absolute atomic E-state index is 0.0349. The number of hydrogen-bond donors (Lipinski definition) is 2. The minimum atomic E-state index is -0.0349. The lowest BCUT2D eigenvalue weighted by Crippen LogP contribution is -1.87. The molecule has 1 aromatic carbocycles. The van der Waals surface area contributed by atoms with E-state index in [2.05, 4.69) is 15.1 Å². The highest BCUT2D eigenvalue weighted by molar-refractivity contribution is 6.32. The van der Waals surface area contributed by atoms with Crippen molar-refractivity contribution in [2.75, 3.05) is 5.73 Å². The number of pyridine rings is 1. The molecule has 0 aliphatic carbocycles. The molecule has 0 aliphatic heterocycles. The Bertz CT molecular complexity index is 773. The van der Waals surface area contributed by atoms with E-state index in [1.54, 1.807) is 30.5 Å². The first kappa shape index (κ1) is 12.4. The van der Waals surface area contributed by atoms with Crippen LogP contribution in [0.3, 0.4) is 0 Å². The van der Waals surface area contributed by atoms with Crippen molar-refractivity contribution in [2.45, 2.75) is 0 Å². The largest absolute Gasteiger partial charge is 0.507 e. The van der Waals surface area contributed by atoms with Gasteiger partial charge in [0.1, 0.15) is 11.4 Å². The van der Waals surface area contributed by atoms with Gasteiger partial charge in [0.15, 0.2) is 0 Å². The first-order valence-corrected chi connectivity index (χ1v) is 6.06. The first-order valence-electron chi connectivity index (χ1n) is 5.68.